The molecule has 0 saturated heterocycles. The van der Waals surface area contributed by atoms with Crippen LogP contribution in [0, 0.1) is 11.7 Å². The zero-order valence-corrected chi connectivity index (χ0v) is 13.1. The Kier molecular flexibility index (Phi) is 4.81. The van der Waals surface area contributed by atoms with E-state index >= 15 is 0 Å². The van der Waals surface area contributed by atoms with Gasteiger partial charge in [0.25, 0.3) is 0 Å². The minimum Gasteiger partial charge on any atom is -0.312 e. The van der Waals surface area contributed by atoms with Gasteiger partial charge in [-0.05, 0) is 6.07 Å². The van der Waals surface area contributed by atoms with E-state index in [2.05, 4.69) is 15.0 Å². The number of carbonyl (C=O) groups is 1. The van der Waals surface area contributed by atoms with Gasteiger partial charge in [-0.25, -0.2) is 14.4 Å². The van der Waals surface area contributed by atoms with Gasteiger partial charge in [-0.2, -0.15) is 13.2 Å². The first-order chi connectivity index (χ1) is 11.1. The maximum Gasteiger partial charge on any atom is 0.435 e. The van der Waals surface area contributed by atoms with Gasteiger partial charge in [0.05, 0.1) is 18.1 Å². The summed E-state index contributed by atoms with van der Waals surface area (Å²) in [6, 6.07) is 0.977. The molecule has 2 aromatic rings. The molecule has 0 N–H and O–H groups in total. The Morgan fingerprint density at radius 2 is 1.88 bits per heavy atom. The SMILES string of the molecule is CC(C)C(=O)N(C)c1cnc(-c2cncc(F)c2)nc1C(F)(F)F. The normalized spacial score (nSPS) is 11.7. The minimum atomic E-state index is -4.81. The Hall–Kier alpha value is -2.58. The van der Waals surface area contributed by atoms with E-state index in [0.717, 1.165) is 29.6 Å². The topological polar surface area (TPSA) is 59.0 Å². The Labute approximate surface area is 135 Å². The van der Waals surface area contributed by atoms with Gasteiger partial charge >= 0.3 is 6.18 Å². The summed E-state index contributed by atoms with van der Waals surface area (Å²) in [4.78, 5) is 23.7. The highest BCUT2D eigenvalue weighted by molar-refractivity contribution is 5.94. The molecule has 0 unspecified atom stereocenters. The summed E-state index contributed by atoms with van der Waals surface area (Å²) < 4.78 is 53.2. The second kappa shape index (κ2) is 6.50. The van der Waals surface area contributed by atoms with Crippen molar-refractivity contribution in [2.75, 3.05) is 11.9 Å². The average Bonchev–Trinajstić information content (AvgIpc) is 2.52. The van der Waals surface area contributed by atoms with Crippen molar-refractivity contribution < 1.29 is 22.4 Å². The van der Waals surface area contributed by atoms with Crippen molar-refractivity contribution in [3.8, 4) is 11.4 Å². The Balaban J connectivity index is 2.57. The smallest absolute Gasteiger partial charge is 0.312 e. The number of nitrogens with zero attached hydrogens (tertiary/aromatic N) is 4. The number of aromatic nitrogens is 3. The molecule has 0 fully saturated rings. The van der Waals surface area contributed by atoms with Gasteiger partial charge in [0.2, 0.25) is 5.91 Å². The molecule has 0 saturated carbocycles. The van der Waals surface area contributed by atoms with Crippen LogP contribution < -0.4 is 4.90 Å². The third-order valence-electron chi connectivity index (χ3n) is 3.19. The molecule has 0 bridgehead atoms. The predicted octanol–water partition coefficient (Wildman–Crippen LogP) is 3.32. The summed E-state index contributed by atoms with van der Waals surface area (Å²) in [5.41, 5.74) is -1.73. The third-order valence-corrected chi connectivity index (χ3v) is 3.19. The first-order valence-electron chi connectivity index (χ1n) is 6.94. The van der Waals surface area contributed by atoms with Gasteiger partial charge in [0, 0.05) is 24.7 Å². The van der Waals surface area contributed by atoms with Crippen LogP contribution in [0.3, 0.4) is 0 Å². The minimum absolute atomic E-state index is 0.00453. The standard InChI is InChI=1S/C15H14F4N4O/c1-8(2)14(24)23(3)11-7-21-13(22-12(11)15(17,18)19)9-4-10(16)6-20-5-9/h4-8H,1-3H3. The number of anilines is 1. The van der Waals surface area contributed by atoms with Gasteiger partial charge in [0.15, 0.2) is 11.5 Å². The summed E-state index contributed by atoms with van der Waals surface area (Å²) in [6.07, 6.45) is -1.84. The lowest BCUT2D eigenvalue weighted by Gasteiger charge is -2.22. The van der Waals surface area contributed by atoms with Crippen molar-refractivity contribution in [1.82, 2.24) is 15.0 Å². The zero-order chi connectivity index (χ0) is 18.1. The van der Waals surface area contributed by atoms with E-state index in [1.54, 1.807) is 13.8 Å². The molecule has 5 nitrogen and oxygen atoms in total. The monoisotopic (exact) mass is 342 g/mol. The Morgan fingerprint density at radius 3 is 2.42 bits per heavy atom. The van der Waals surface area contributed by atoms with Crippen molar-refractivity contribution in [1.29, 1.82) is 0 Å². The number of amides is 1. The molecule has 24 heavy (non-hydrogen) atoms. The second-order valence-electron chi connectivity index (χ2n) is 5.37. The van der Waals surface area contributed by atoms with Gasteiger partial charge in [-0.1, -0.05) is 13.8 Å². The molecule has 2 heterocycles. The summed E-state index contributed by atoms with van der Waals surface area (Å²) >= 11 is 0. The van der Waals surface area contributed by atoms with Crippen LogP contribution in [0.15, 0.2) is 24.7 Å². The van der Waals surface area contributed by atoms with Crippen LogP contribution in [0.1, 0.15) is 19.5 Å². The zero-order valence-electron chi connectivity index (χ0n) is 13.1. The molecule has 0 aliphatic carbocycles. The molecular weight excluding hydrogens is 328 g/mol. The fourth-order valence-corrected chi connectivity index (χ4v) is 2.01. The number of carbonyl (C=O) groups excluding carboxylic acids is 1. The molecule has 2 rings (SSSR count). The Bertz CT molecular complexity index is 761. The lowest BCUT2D eigenvalue weighted by Crippen LogP contribution is -2.32. The van der Waals surface area contributed by atoms with Gasteiger partial charge in [0.1, 0.15) is 5.82 Å². The number of halogens is 4. The van der Waals surface area contributed by atoms with Crippen LogP contribution in [0.4, 0.5) is 23.2 Å². The largest absolute Gasteiger partial charge is 0.435 e. The van der Waals surface area contributed by atoms with Crippen molar-refractivity contribution in [2.24, 2.45) is 5.92 Å². The quantitative estimate of drug-likeness (QED) is 0.803. The van der Waals surface area contributed by atoms with Gasteiger partial charge in [-0.15, -0.1) is 0 Å². The lowest BCUT2D eigenvalue weighted by molar-refractivity contribution is -0.140. The first kappa shape index (κ1) is 17.8. The fraction of sp³-hybridized carbons (Fsp3) is 0.333. The van der Waals surface area contributed by atoms with E-state index < -0.39 is 35.2 Å². The Morgan fingerprint density at radius 1 is 1.21 bits per heavy atom. The molecule has 2 aromatic heterocycles. The molecular formula is C15H14F4N4O. The predicted molar refractivity (Wildman–Crippen MR) is 78.5 cm³/mol. The molecule has 128 valence electrons. The van der Waals surface area contributed by atoms with Crippen molar-refractivity contribution in [3.63, 3.8) is 0 Å². The van der Waals surface area contributed by atoms with Gasteiger partial charge in [-0.3, -0.25) is 9.78 Å². The van der Waals surface area contributed by atoms with Crippen LogP contribution in [-0.2, 0) is 11.0 Å². The lowest BCUT2D eigenvalue weighted by atomic mass is 10.1. The number of hydrogen-bond acceptors (Lipinski definition) is 4. The summed E-state index contributed by atoms with van der Waals surface area (Å²) in [6.45, 7) is 3.14. The van der Waals surface area contributed by atoms with Crippen LogP contribution in [0.5, 0.6) is 0 Å². The van der Waals surface area contributed by atoms with Crippen molar-refractivity contribution in [3.05, 3.63) is 36.2 Å². The fourth-order valence-electron chi connectivity index (χ4n) is 2.01. The molecule has 0 aliphatic rings. The highest BCUT2D eigenvalue weighted by Crippen LogP contribution is 2.35. The summed E-state index contributed by atoms with van der Waals surface area (Å²) in [5, 5.41) is 0. The van der Waals surface area contributed by atoms with Crippen LogP contribution in [0.25, 0.3) is 11.4 Å². The summed E-state index contributed by atoms with van der Waals surface area (Å²) in [5.74, 6) is -2.06. The molecule has 0 aromatic carbocycles. The maximum absolute atomic E-state index is 13.3. The van der Waals surface area contributed by atoms with E-state index in [1.807, 2.05) is 0 Å². The van der Waals surface area contributed by atoms with Crippen LogP contribution in [0.2, 0.25) is 0 Å². The highest BCUT2D eigenvalue weighted by atomic mass is 19.4. The van der Waals surface area contributed by atoms with E-state index in [1.165, 1.54) is 7.05 Å². The highest BCUT2D eigenvalue weighted by Gasteiger charge is 2.38. The maximum atomic E-state index is 13.3. The first-order valence-corrected chi connectivity index (χ1v) is 6.94. The number of alkyl halides is 3. The molecule has 0 spiro atoms. The number of hydrogen-bond donors (Lipinski definition) is 0. The van der Waals surface area contributed by atoms with E-state index in [4.69, 9.17) is 0 Å². The summed E-state index contributed by atoms with van der Waals surface area (Å²) in [7, 11) is 1.22. The van der Waals surface area contributed by atoms with E-state index in [-0.39, 0.29) is 11.4 Å². The van der Waals surface area contributed by atoms with Crippen LogP contribution in [-0.4, -0.2) is 27.9 Å². The molecule has 0 aliphatic heterocycles. The molecule has 1 amide bonds. The second-order valence-corrected chi connectivity index (χ2v) is 5.37. The van der Waals surface area contributed by atoms with Gasteiger partial charge < -0.3 is 4.90 Å². The van der Waals surface area contributed by atoms with E-state index in [9.17, 15) is 22.4 Å². The molecule has 0 atom stereocenters. The number of pyridine rings is 1. The number of rotatable bonds is 3. The average molecular weight is 342 g/mol. The molecule has 9 heteroatoms. The third kappa shape index (κ3) is 3.66. The van der Waals surface area contributed by atoms with Crippen molar-refractivity contribution >= 4 is 11.6 Å². The molecule has 0 radical (unpaired) electrons. The van der Waals surface area contributed by atoms with Crippen LogP contribution >= 0.6 is 0 Å². The van der Waals surface area contributed by atoms with E-state index in [0.29, 0.717) is 0 Å². The van der Waals surface area contributed by atoms with Crippen molar-refractivity contribution in [2.45, 2.75) is 20.0 Å².